The smallest absolute Gasteiger partial charge is 0.161 e. The summed E-state index contributed by atoms with van der Waals surface area (Å²) in [6.07, 6.45) is 2.24. The third-order valence-corrected chi connectivity index (χ3v) is 3.70. The van der Waals surface area contributed by atoms with Crippen LogP contribution >= 0.6 is 0 Å². The number of hydrogen-bond donors (Lipinski definition) is 0. The first kappa shape index (κ1) is 14.5. The summed E-state index contributed by atoms with van der Waals surface area (Å²) in [6.45, 7) is 4.03. The predicted molar refractivity (Wildman–Crippen MR) is 78.0 cm³/mol. The van der Waals surface area contributed by atoms with Crippen LogP contribution in [0.3, 0.4) is 0 Å². The van der Waals surface area contributed by atoms with Crippen LogP contribution in [0, 0.1) is 17.2 Å². The monoisotopic (exact) mass is 272 g/mol. The molecule has 0 amide bonds. The molecule has 4 nitrogen and oxygen atoms in total. The van der Waals surface area contributed by atoms with Gasteiger partial charge in [0.2, 0.25) is 0 Å². The van der Waals surface area contributed by atoms with E-state index < -0.39 is 0 Å². The van der Waals surface area contributed by atoms with E-state index in [1.165, 1.54) is 0 Å². The summed E-state index contributed by atoms with van der Waals surface area (Å²) < 4.78 is 5.50. The highest BCUT2D eigenvalue weighted by molar-refractivity contribution is 6.00. The van der Waals surface area contributed by atoms with Gasteiger partial charge in [-0.3, -0.25) is 4.79 Å². The van der Waals surface area contributed by atoms with E-state index in [0.29, 0.717) is 17.0 Å². The Morgan fingerprint density at radius 3 is 2.95 bits per heavy atom. The summed E-state index contributed by atoms with van der Waals surface area (Å²) in [6, 6.07) is 7.35. The Balaban J connectivity index is 2.20. The predicted octanol–water partition coefficient (Wildman–Crippen LogP) is 2.62. The van der Waals surface area contributed by atoms with E-state index in [1.807, 2.05) is 7.05 Å². The van der Waals surface area contributed by atoms with E-state index in [9.17, 15) is 4.79 Å². The average molecular weight is 272 g/mol. The fourth-order valence-corrected chi connectivity index (χ4v) is 2.65. The van der Waals surface area contributed by atoms with Crippen molar-refractivity contribution in [3.8, 4) is 6.07 Å². The van der Waals surface area contributed by atoms with Crippen molar-refractivity contribution in [2.24, 2.45) is 5.92 Å². The number of carbonyl (C=O) groups excluding carboxylic acids is 1. The van der Waals surface area contributed by atoms with Gasteiger partial charge in [-0.05, 0) is 43.9 Å². The lowest BCUT2D eigenvalue weighted by molar-refractivity contribution is 0.0576. The fourth-order valence-electron chi connectivity index (χ4n) is 2.65. The minimum atomic E-state index is 0.0243. The quantitative estimate of drug-likeness (QED) is 0.791. The van der Waals surface area contributed by atoms with E-state index in [-0.39, 0.29) is 5.78 Å². The number of hydrogen-bond acceptors (Lipinski definition) is 4. The Kier molecular flexibility index (Phi) is 4.75. The third kappa shape index (κ3) is 3.37. The Labute approximate surface area is 120 Å². The summed E-state index contributed by atoms with van der Waals surface area (Å²) in [7, 11) is 1.97. The summed E-state index contributed by atoms with van der Waals surface area (Å²) in [5.74, 6) is 0.510. The molecule has 0 radical (unpaired) electrons. The van der Waals surface area contributed by atoms with Crippen molar-refractivity contribution < 1.29 is 9.53 Å². The summed E-state index contributed by atoms with van der Waals surface area (Å²) in [5.41, 5.74) is 2.09. The Morgan fingerprint density at radius 1 is 1.55 bits per heavy atom. The molecule has 1 aliphatic heterocycles. The highest BCUT2D eigenvalue weighted by Crippen LogP contribution is 2.24. The Bertz CT molecular complexity index is 528. The van der Waals surface area contributed by atoms with Crippen LogP contribution in [0.1, 0.15) is 35.7 Å². The van der Waals surface area contributed by atoms with Crippen molar-refractivity contribution in [2.75, 3.05) is 31.7 Å². The molecule has 1 aromatic rings. The Morgan fingerprint density at radius 2 is 2.35 bits per heavy atom. The summed E-state index contributed by atoms with van der Waals surface area (Å²) in [4.78, 5) is 13.8. The molecule has 0 bridgehead atoms. The van der Waals surface area contributed by atoms with Gasteiger partial charge < -0.3 is 9.64 Å². The highest BCUT2D eigenvalue weighted by atomic mass is 16.5. The van der Waals surface area contributed by atoms with Crippen molar-refractivity contribution in [1.82, 2.24) is 0 Å². The first-order valence-electron chi connectivity index (χ1n) is 6.95. The van der Waals surface area contributed by atoms with Gasteiger partial charge in [0.25, 0.3) is 0 Å². The molecule has 0 aliphatic carbocycles. The molecule has 4 heteroatoms. The molecule has 1 fully saturated rings. The van der Waals surface area contributed by atoms with Crippen LogP contribution in [0.5, 0.6) is 0 Å². The van der Waals surface area contributed by atoms with Crippen LogP contribution in [-0.2, 0) is 4.74 Å². The van der Waals surface area contributed by atoms with Crippen LogP contribution in [-0.4, -0.2) is 32.6 Å². The minimum absolute atomic E-state index is 0.0243. The zero-order chi connectivity index (χ0) is 14.5. The molecule has 20 heavy (non-hydrogen) atoms. The second-order valence-electron chi connectivity index (χ2n) is 5.36. The summed E-state index contributed by atoms with van der Waals surface area (Å²) in [5, 5.41) is 9.02. The van der Waals surface area contributed by atoms with Gasteiger partial charge in [0.1, 0.15) is 0 Å². The molecule has 1 aliphatic rings. The zero-order valence-corrected chi connectivity index (χ0v) is 12.1. The molecule has 0 aromatic heterocycles. The van der Waals surface area contributed by atoms with Gasteiger partial charge in [0.15, 0.2) is 5.78 Å². The van der Waals surface area contributed by atoms with Gasteiger partial charge in [-0.25, -0.2) is 0 Å². The molecular weight excluding hydrogens is 252 g/mol. The number of anilines is 1. The first-order valence-corrected chi connectivity index (χ1v) is 6.95. The number of ether oxygens (including phenoxy) is 1. The molecule has 0 saturated carbocycles. The van der Waals surface area contributed by atoms with Crippen molar-refractivity contribution in [2.45, 2.75) is 19.8 Å². The maximum atomic E-state index is 11.7. The zero-order valence-electron chi connectivity index (χ0n) is 12.1. The molecule has 0 N–H and O–H groups in total. The topological polar surface area (TPSA) is 53.3 Å². The molecule has 1 atom stereocenters. The first-order chi connectivity index (χ1) is 9.61. The number of carbonyl (C=O) groups is 1. The van der Waals surface area contributed by atoms with Gasteiger partial charge in [-0.15, -0.1) is 0 Å². The van der Waals surface area contributed by atoms with Crippen molar-refractivity contribution in [3.63, 3.8) is 0 Å². The van der Waals surface area contributed by atoms with Crippen molar-refractivity contribution in [1.29, 1.82) is 5.26 Å². The lowest BCUT2D eigenvalue weighted by atomic mass is 10.00. The molecular formula is C16H20N2O2. The number of ketones is 1. The molecule has 1 unspecified atom stereocenters. The number of benzene rings is 1. The SMILES string of the molecule is CC(=O)c1ccc(C#N)cc1N(C)CC1CCCOC1. The number of Topliss-reactive ketones (excluding diaryl/α,β-unsaturated/α-hetero) is 1. The fraction of sp³-hybridized carbons (Fsp3) is 0.500. The largest absolute Gasteiger partial charge is 0.381 e. The number of nitrogens with zero attached hydrogens (tertiary/aromatic N) is 2. The van der Waals surface area contributed by atoms with E-state index in [0.717, 1.165) is 38.3 Å². The van der Waals surface area contributed by atoms with Crippen LogP contribution in [0.15, 0.2) is 18.2 Å². The maximum Gasteiger partial charge on any atom is 0.161 e. The van der Waals surface area contributed by atoms with Crippen molar-refractivity contribution >= 4 is 11.5 Å². The normalized spacial score (nSPS) is 18.4. The molecule has 1 saturated heterocycles. The van der Waals surface area contributed by atoms with E-state index in [4.69, 9.17) is 10.00 Å². The Hall–Kier alpha value is -1.86. The summed E-state index contributed by atoms with van der Waals surface area (Å²) >= 11 is 0. The average Bonchev–Trinajstić information content (AvgIpc) is 2.47. The standard InChI is InChI=1S/C16H20N2O2/c1-12(19)15-6-5-13(9-17)8-16(15)18(2)10-14-4-3-7-20-11-14/h5-6,8,14H,3-4,7,10-11H2,1-2H3. The number of nitriles is 1. The van der Waals surface area contributed by atoms with Gasteiger partial charge in [-0.2, -0.15) is 5.26 Å². The molecule has 0 spiro atoms. The highest BCUT2D eigenvalue weighted by Gasteiger charge is 2.19. The van der Waals surface area contributed by atoms with Crippen molar-refractivity contribution in [3.05, 3.63) is 29.3 Å². The lowest BCUT2D eigenvalue weighted by Gasteiger charge is -2.29. The van der Waals surface area contributed by atoms with E-state index in [1.54, 1.807) is 25.1 Å². The maximum absolute atomic E-state index is 11.7. The van der Waals surface area contributed by atoms with Gasteiger partial charge in [-0.1, -0.05) is 0 Å². The van der Waals surface area contributed by atoms with Gasteiger partial charge in [0.05, 0.1) is 18.2 Å². The van der Waals surface area contributed by atoms with Crippen LogP contribution in [0.25, 0.3) is 0 Å². The van der Waals surface area contributed by atoms with Crippen LogP contribution in [0.4, 0.5) is 5.69 Å². The van der Waals surface area contributed by atoms with Gasteiger partial charge >= 0.3 is 0 Å². The number of rotatable bonds is 4. The van der Waals surface area contributed by atoms with Crippen LogP contribution in [0.2, 0.25) is 0 Å². The molecule has 1 heterocycles. The molecule has 106 valence electrons. The molecule has 1 aromatic carbocycles. The third-order valence-electron chi connectivity index (χ3n) is 3.70. The van der Waals surface area contributed by atoms with E-state index in [2.05, 4.69) is 11.0 Å². The van der Waals surface area contributed by atoms with Crippen LogP contribution < -0.4 is 4.90 Å². The minimum Gasteiger partial charge on any atom is -0.381 e. The second-order valence-corrected chi connectivity index (χ2v) is 5.36. The molecule has 2 rings (SSSR count). The van der Waals surface area contributed by atoms with Gasteiger partial charge in [0, 0.05) is 31.5 Å². The van der Waals surface area contributed by atoms with E-state index >= 15 is 0 Å². The second kappa shape index (κ2) is 6.53. The lowest BCUT2D eigenvalue weighted by Crippen LogP contribution is -2.31.